The van der Waals surface area contributed by atoms with Crippen LogP contribution in [0.4, 0.5) is 14.9 Å². The number of methoxy groups -OCH3 is 1. The van der Waals surface area contributed by atoms with Crippen molar-refractivity contribution < 1.29 is 18.7 Å². The van der Waals surface area contributed by atoms with Crippen molar-refractivity contribution >= 4 is 33.3 Å². The number of halogens is 1. The highest BCUT2D eigenvalue weighted by atomic mass is 32.1. The van der Waals surface area contributed by atoms with Gasteiger partial charge in [0.2, 0.25) is 0 Å². The number of thiazole rings is 1. The molecule has 0 aliphatic rings. The Morgan fingerprint density at radius 1 is 1.33 bits per heavy atom. The number of hydrogen-bond acceptors (Lipinski definition) is 5. The first kappa shape index (κ1) is 16.2. The van der Waals surface area contributed by atoms with Gasteiger partial charge in [-0.05, 0) is 42.8 Å². The van der Waals surface area contributed by atoms with Crippen LogP contribution in [0.1, 0.15) is 10.6 Å². The highest BCUT2D eigenvalue weighted by molar-refractivity contribution is 7.18. The number of nitrogens with one attached hydrogen (secondary N) is 1. The molecule has 1 N–H and O–H groups in total. The summed E-state index contributed by atoms with van der Waals surface area (Å²) in [6, 6.07) is 10.1. The van der Waals surface area contributed by atoms with Crippen molar-refractivity contribution in [1.82, 2.24) is 4.98 Å². The number of ether oxygens (including phenoxy) is 2. The van der Waals surface area contributed by atoms with Crippen LogP contribution < -0.4 is 10.1 Å². The molecule has 0 spiro atoms. The summed E-state index contributed by atoms with van der Waals surface area (Å²) in [5, 5.41) is 3.31. The fourth-order valence-corrected chi connectivity index (χ4v) is 3.08. The van der Waals surface area contributed by atoms with Gasteiger partial charge in [0.1, 0.15) is 23.2 Å². The van der Waals surface area contributed by atoms with Crippen molar-refractivity contribution in [3.63, 3.8) is 0 Å². The molecule has 1 aromatic heterocycles. The second kappa shape index (κ2) is 6.84. The van der Waals surface area contributed by atoms with E-state index in [4.69, 9.17) is 4.74 Å². The maximum absolute atomic E-state index is 13.7. The molecule has 0 saturated heterocycles. The van der Waals surface area contributed by atoms with Crippen molar-refractivity contribution in [2.75, 3.05) is 12.4 Å². The molecule has 0 saturated carbocycles. The molecule has 5 nitrogen and oxygen atoms in total. The largest absolute Gasteiger partial charge is 0.486 e. The first-order chi connectivity index (χ1) is 11.6. The fourth-order valence-electron chi connectivity index (χ4n) is 2.20. The van der Waals surface area contributed by atoms with Crippen molar-refractivity contribution in [2.45, 2.75) is 13.5 Å². The number of fused-ring (bicyclic) bond motifs is 1. The number of carbonyl (C=O) groups excluding carboxylic acids is 1. The van der Waals surface area contributed by atoms with Crippen molar-refractivity contribution in [3.05, 3.63) is 52.8 Å². The van der Waals surface area contributed by atoms with Crippen LogP contribution in [-0.2, 0) is 11.3 Å². The summed E-state index contributed by atoms with van der Waals surface area (Å²) in [6.45, 7) is 2.10. The lowest BCUT2D eigenvalue weighted by molar-refractivity contribution is 0.187. The van der Waals surface area contributed by atoms with Gasteiger partial charge in [0, 0.05) is 5.69 Å². The highest BCUT2D eigenvalue weighted by Gasteiger charge is 2.09. The number of anilines is 1. The molecule has 0 bridgehead atoms. The minimum atomic E-state index is -0.525. The zero-order chi connectivity index (χ0) is 17.1. The maximum Gasteiger partial charge on any atom is 0.411 e. The first-order valence-electron chi connectivity index (χ1n) is 7.19. The van der Waals surface area contributed by atoms with Gasteiger partial charge in [0.25, 0.3) is 0 Å². The summed E-state index contributed by atoms with van der Waals surface area (Å²) in [6.07, 6.45) is -0.525. The Balaban J connectivity index is 1.70. The average Bonchev–Trinajstić information content (AvgIpc) is 2.99. The monoisotopic (exact) mass is 346 g/mol. The van der Waals surface area contributed by atoms with E-state index in [0.29, 0.717) is 26.7 Å². The molecule has 0 aliphatic carbocycles. The van der Waals surface area contributed by atoms with E-state index < -0.39 is 6.09 Å². The molecule has 0 aliphatic heterocycles. The van der Waals surface area contributed by atoms with Crippen LogP contribution in [-0.4, -0.2) is 18.2 Å². The smallest absolute Gasteiger partial charge is 0.411 e. The van der Waals surface area contributed by atoms with E-state index in [1.54, 1.807) is 30.3 Å². The molecule has 24 heavy (non-hydrogen) atoms. The lowest BCUT2D eigenvalue weighted by Gasteiger charge is -2.10. The summed E-state index contributed by atoms with van der Waals surface area (Å²) in [5.74, 6) is 0.368. The van der Waals surface area contributed by atoms with Gasteiger partial charge in [-0.25, -0.2) is 14.2 Å². The molecule has 0 fully saturated rings. The van der Waals surface area contributed by atoms with Gasteiger partial charge >= 0.3 is 6.09 Å². The van der Waals surface area contributed by atoms with Crippen LogP contribution >= 0.6 is 11.3 Å². The van der Waals surface area contributed by atoms with Gasteiger partial charge < -0.3 is 9.47 Å². The zero-order valence-corrected chi connectivity index (χ0v) is 13.9. The van der Waals surface area contributed by atoms with Crippen LogP contribution in [0.5, 0.6) is 5.75 Å². The number of carbonyl (C=O) groups is 1. The molecule has 0 radical (unpaired) electrons. The number of aryl methyl sites for hydroxylation is 1. The topological polar surface area (TPSA) is 60.5 Å². The number of aromatic nitrogens is 1. The SMILES string of the molecule is COC(=O)Nc1ccc(OCc2nc3cccc(F)c3s2)cc1C. The molecule has 7 heteroatoms. The molecular formula is C17H15FN2O3S. The zero-order valence-electron chi connectivity index (χ0n) is 13.1. The Bertz CT molecular complexity index is 895. The minimum absolute atomic E-state index is 0.252. The molecule has 0 unspecified atom stereocenters. The van der Waals surface area contributed by atoms with Crippen molar-refractivity contribution in [2.24, 2.45) is 0 Å². The molecule has 0 atom stereocenters. The Hall–Kier alpha value is -2.67. The van der Waals surface area contributed by atoms with Gasteiger partial charge in [0.05, 0.1) is 17.3 Å². The molecule has 3 aromatic rings. The Morgan fingerprint density at radius 2 is 2.17 bits per heavy atom. The summed E-state index contributed by atoms with van der Waals surface area (Å²) < 4.78 is 24.5. The number of nitrogens with zero attached hydrogens (tertiary/aromatic N) is 1. The summed E-state index contributed by atoms with van der Waals surface area (Å²) >= 11 is 1.28. The van der Waals surface area contributed by atoms with Gasteiger partial charge in [-0.1, -0.05) is 6.07 Å². The predicted octanol–water partition coefficient (Wildman–Crippen LogP) is 4.50. The molecular weight excluding hydrogens is 331 g/mol. The molecule has 2 aromatic carbocycles. The quantitative estimate of drug-likeness (QED) is 0.755. The van der Waals surface area contributed by atoms with E-state index in [0.717, 1.165) is 5.56 Å². The van der Waals surface area contributed by atoms with E-state index in [2.05, 4.69) is 15.0 Å². The van der Waals surface area contributed by atoms with Crippen molar-refractivity contribution in [1.29, 1.82) is 0 Å². The normalized spacial score (nSPS) is 10.6. The number of amides is 1. The maximum atomic E-state index is 13.7. The molecule has 3 rings (SSSR count). The van der Waals surface area contributed by atoms with Crippen LogP contribution in [0.25, 0.3) is 10.2 Å². The van der Waals surface area contributed by atoms with Gasteiger partial charge in [0.15, 0.2) is 0 Å². The van der Waals surface area contributed by atoms with Gasteiger partial charge in [-0.3, -0.25) is 5.32 Å². The Labute approximate surface area is 142 Å². The van der Waals surface area contributed by atoms with Crippen LogP contribution in [0.15, 0.2) is 36.4 Å². The van der Waals surface area contributed by atoms with Crippen LogP contribution in [0.2, 0.25) is 0 Å². The first-order valence-corrected chi connectivity index (χ1v) is 8.01. The number of benzene rings is 2. The van der Waals surface area contributed by atoms with Crippen LogP contribution in [0.3, 0.4) is 0 Å². The molecule has 1 amide bonds. The second-order valence-electron chi connectivity index (χ2n) is 5.08. The average molecular weight is 346 g/mol. The third-order valence-corrected chi connectivity index (χ3v) is 4.45. The molecule has 1 heterocycles. The molecule has 124 valence electrons. The van der Waals surface area contributed by atoms with Crippen LogP contribution in [0, 0.1) is 12.7 Å². The van der Waals surface area contributed by atoms with E-state index in [-0.39, 0.29) is 12.4 Å². The lowest BCUT2D eigenvalue weighted by Crippen LogP contribution is -2.11. The van der Waals surface area contributed by atoms with Gasteiger partial charge in [-0.2, -0.15) is 0 Å². The number of hydrogen-bond donors (Lipinski definition) is 1. The lowest BCUT2D eigenvalue weighted by atomic mass is 10.2. The van der Waals surface area contributed by atoms with E-state index in [9.17, 15) is 9.18 Å². The van der Waals surface area contributed by atoms with E-state index in [1.807, 2.05) is 6.92 Å². The third-order valence-electron chi connectivity index (χ3n) is 3.39. The summed E-state index contributed by atoms with van der Waals surface area (Å²) in [7, 11) is 1.31. The second-order valence-corrected chi connectivity index (χ2v) is 6.16. The van der Waals surface area contributed by atoms with E-state index >= 15 is 0 Å². The Morgan fingerprint density at radius 3 is 2.88 bits per heavy atom. The highest BCUT2D eigenvalue weighted by Crippen LogP contribution is 2.27. The summed E-state index contributed by atoms with van der Waals surface area (Å²) in [5.41, 5.74) is 2.12. The van der Waals surface area contributed by atoms with E-state index in [1.165, 1.54) is 24.5 Å². The third kappa shape index (κ3) is 3.46. The fraction of sp³-hybridized carbons (Fsp3) is 0.176. The van der Waals surface area contributed by atoms with Crippen molar-refractivity contribution in [3.8, 4) is 5.75 Å². The van der Waals surface area contributed by atoms with Gasteiger partial charge in [-0.15, -0.1) is 11.3 Å². The standard InChI is InChI=1S/C17H15FN2O3S/c1-10-8-11(6-7-13(10)20-17(21)22-2)23-9-15-19-14-5-3-4-12(18)16(14)24-15/h3-8H,9H2,1-2H3,(H,20,21). The predicted molar refractivity (Wildman–Crippen MR) is 91.1 cm³/mol. The Kier molecular flexibility index (Phi) is 4.61. The minimum Gasteiger partial charge on any atom is -0.486 e. The summed E-state index contributed by atoms with van der Waals surface area (Å²) in [4.78, 5) is 15.6. The number of rotatable bonds is 4.